The van der Waals surface area contributed by atoms with E-state index >= 15 is 0 Å². The van der Waals surface area contributed by atoms with Crippen LogP contribution in [0.1, 0.15) is 0 Å². The standard InChI is InChI=1S/C12H5N8/c1-3-15-11-9(13-1)7(17-5-19-11)8-10-12(20-6-18-8)16-4-2-14-10/h1-5H. The fourth-order valence-corrected chi connectivity index (χ4v) is 1.89. The maximum Gasteiger partial charge on any atom is 0.200 e. The summed E-state index contributed by atoms with van der Waals surface area (Å²) in [7, 11) is 0. The molecule has 20 heavy (non-hydrogen) atoms. The van der Waals surface area contributed by atoms with Gasteiger partial charge in [-0.25, -0.2) is 39.9 Å². The molecule has 0 atom stereocenters. The summed E-state index contributed by atoms with van der Waals surface area (Å²) < 4.78 is 0. The van der Waals surface area contributed by atoms with Gasteiger partial charge in [-0.15, -0.1) is 0 Å². The van der Waals surface area contributed by atoms with Crippen molar-refractivity contribution in [3.63, 3.8) is 0 Å². The lowest BCUT2D eigenvalue weighted by Gasteiger charge is -2.04. The van der Waals surface area contributed by atoms with Crippen LogP contribution in [-0.2, 0) is 0 Å². The minimum Gasteiger partial charge on any atom is -0.249 e. The zero-order valence-electron chi connectivity index (χ0n) is 9.96. The first-order valence-corrected chi connectivity index (χ1v) is 5.70. The Kier molecular flexibility index (Phi) is 2.25. The molecule has 0 N–H and O–H groups in total. The van der Waals surface area contributed by atoms with Crippen molar-refractivity contribution in [3.05, 3.63) is 37.4 Å². The predicted octanol–water partition coefficient (Wildman–Crippen LogP) is 0.620. The highest BCUT2D eigenvalue weighted by Crippen LogP contribution is 2.24. The first-order chi connectivity index (χ1) is 9.93. The third-order valence-electron chi connectivity index (χ3n) is 2.72. The molecule has 0 unspecified atom stereocenters. The van der Waals surface area contributed by atoms with Crippen molar-refractivity contribution in [3.8, 4) is 11.4 Å². The highest BCUT2D eigenvalue weighted by atomic mass is 15.0. The zero-order chi connectivity index (χ0) is 13.4. The summed E-state index contributed by atoms with van der Waals surface area (Å²) >= 11 is 0. The number of aromatic nitrogens is 8. The number of fused-ring (bicyclic) bond motifs is 2. The van der Waals surface area contributed by atoms with Crippen molar-refractivity contribution >= 4 is 22.3 Å². The first-order valence-electron chi connectivity index (χ1n) is 5.70. The smallest absolute Gasteiger partial charge is 0.200 e. The lowest BCUT2D eigenvalue weighted by molar-refractivity contribution is 1.10. The van der Waals surface area contributed by atoms with Crippen molar-refractivity contribution in [2.24, 2.45) is 0 Å². The Morgan fingerprint density at radius 1 is 0.600 bits per heavy atom. The van der Waals surface area contributed by atoms with Crippen LogP contribution in [0.25, 0.3) is 33.7 Å². The molecule has 8 nitrogen and oxygen atoms in total. The van der Waals surface area contributed by atoms with Gasteiger partial charge in [-0.2, -0.15) is 0 Å². The molecule has 8 heteroatoms. The van der Waals surface area contributed by atoms with Gasteiger partial charge in [0, 0.05) is 24.8 Å². The maximum absolute atomic E-state index is 4.25. The molecule has 93 valence electrons. The third-order valence-corrected chi connectivity index (χ3v) is 2.72. The van der Waals surface area contributed by atoms with Crippen LogP contribution in [0.4, 0.5) is 0 Å². The molecule has 0 amide bonds. The van der Waals surface area contributed by atoms with Crippen LogP contribution in [0.2, 0.25) is 0 Å². The molecule has 0 saturated heterocycles. The van der Waals surface area contributed by atoms with Crippen LogP contribution in [0.15, 0.2) is 31.1 Å². The van der Waals surface area contributed by atoms with Crippen molar-refractivity contribution in [2.75, 3.05) is 0 Å². The van der Waals surface area contributed by atoms with Crippen LogP contribution in [0, 0.1) is 6.33 Å². The van der Waals surface area contributed by atoms with Crippen LogP contribution < -0.4 is 0 Å². The molecule has 0 fully saturated rings. The molecule has 0 spiro atoms. The summed E-state index contributed by atoms with van der Waals surface area (Å²) in [6.07, 6.45) is 10.3. The second-order valence-electron chi connectivity index (χ2n) is 3.85. The SMILES string of the molecule is [c]1nc(-c2ncnc3nccnc23)c2nccnc2n1. The van der Waals surface area contributed by atoms with E-state index in [1.165, 1.54) is 6.33 Å². The largest absolute Gasteiger partial charge is 0.249 e. The van der Waals surface area contributed by atoms with Crippen molar-refractivity contribution in [1.29, 1.82) is 0 Å². The Morgan fingerprint density at radius 3 is 2.15 bits per heavy atom. The number of rotatable bonds is 1. The summed E-state index contributed by atoms with van der Waals surface area (Å²) in [5.74, 6) is 0. The van der Waals surface area contributed by atoms with Gasteiger partial charge in [0.2, 0.25) is 6.33 Å². The van der Waals surface area contributed by atoms with Crippen LogP contribution in [-0.4, -0.2) is 39.9 Å². The second-order valence-corrected chi connectivity index (χ2v) is 3.85. The van der Waals surface area contributed by atoms with E-state index in [0.717, 1.165) is 0 Å². The minimum atomic E-state index is 0.452. The number of nitrogens with zero attached hydrogens (tertiary/aromatic N) is 8. The molecule has 0 aromatic carbocycles. The van der Waals surface area contributed by atoms with Crippen LogP contribution in [0.5, 0.6) is 0 Å². The Labute approximate surface area is 112 Å². The summed E-state index contributed by atoms with van der Waals surface area (Å²) in [6.45, 7) is 0. The molecule has 0 saturated carbocycles. The van der Waals surface area contributed by atoms with E-state index in [0.29, 0.717) is 33.7 Å². The van der Waals surface area contributed by atoms with E-state index in [-0.39, 0.29) is 0 Å². The van der Waals surface area contributed by atoms with Gasteiger partial charge in [-0.3, -0.25) is 0 Å². The summed E-state index contributed by atoms with van der Waals surface area (Å²) in [4.78, 5) is 33.2. The average molecular weight is 261 g/mol. The van der Waals surface area contributed by atoms with E-state index in [1.54, 1.807) is 24.8 Å². The molecule has 4 rings (SSSR count). The van der Waals surface area contributed by atoms with E-state index in [2.05, 4.69) is 46.2 Å². The van der Waals surface area contributed by atoms with Gasteiger partial charge in [0.15, 0.2) is 11.3 Å². The molecule has 0 aliphatic carbocycles. The Bertz CT molecular complexity index is 835. The lowest BCUT2D eigenvalue weighted by atomic mass is 10.2. The van der Waals surface area contributed by atoms with Crippen molar-refractivity contribution < 1.29 is 0 Å². The summed E-state index contributed by atoms with van der Waals surface area (Å²) in [5.41, 5.74) is 3.08. The lowest BCUT2D eigenvalue weighted by Crippen LogP contribution is -1.98. The number of hydrogen-bond donors (Lipinski definition) is 0. The third kappa shape index (κ3) is 1.55. The highest BCUT2D eigenvalue weighted by molar-refractivity contribution is 5.94. The van der Waals surface area contributed by atoms with Gasteiger partial charge >= 0.3 is 0 Å². The van der Waals surface area contributed by atoms with Gasteiger partial charge in [0.1, 0.15) is 28.7 Å². The minimum absolute atomic E-state index is 0.452. The Hall–Kier alpha value is -3.16. The van der Waals surface area contributed by atoms with Crippen LogP contribution >= 0.6 is 0 Å². The Balaban J connectivity index is 2.12. The average Bonchev–Trinajstić information content (AvgIpc) is 2.54. The normalized spacial score (nSPS) is 11.0. The van der Waals surface area contributed by atoms with E-state index in [9.17, 15) is 0 Å². The van der Waals surface area contributed by atoms with E-state index < -0.39 is 0 Å². The fraction of sp³-hybridized carbons (Fsp3) is 0. The number of hydrogen-bond acceptors (Lipinski definition) is 8. The summed E-state index contributed by atoms with van der Waals surface area (Å²) in [5, 5.41) is 0. The highest BCUT2D eigenvalue weighted by Gasteiger charge is 2.14. The van der Waals surface area contributed by atoms with Crippen LogP contribution in [0.3, 0.4) is 0 Å². The van der Waals surface area contributed by atoms with E-state index in [1.807, 2.05) is 0 Å². The molecule has 4 aromatic rings. The molecule has 4 aromatic heterocycles. The van der Waals surface area contributed by atoms with Crippen molar-refractivity contribution in [2.45, 2.75) is 0 Å². The molecule has 0 bridgehead atoms. The van der Waals surface area contributed by atoms with Gasteiger partial charge in [-0.05, 0) is 0 Å². The molecular formula is C12H5N8. The molecule has 0 aliphatic rings. The monoisotopic (exact) mass is 261 g/mol. The first kappa shape index (κ1) is 10.7. The fourth-order valence-electron chi connectivity index (χ4n) is 1.89. The topological polar surface area (TPSA) is 103 Å². The predicted molar refractivity (Wildman–Crippen MR) is 68.1 cm³/mol. The van der Waals surface area contributed by atoms with Gasteiger partial charge in [-0.1, -0.05) is 0 Å². The Morgan fingerprint density at radius 2 is 1.30 bits per heavy atom. The summed E-state index contributed by atoms with van der Waals surface area (Å²) in [6, 6.07) is 0. The molecule has 0 aliphatic heterocycles. The molecule has 4 heterocycles. The van der Waals surface area contributed by atoms with Gasteiger partial charge in [0.05, 0.1) is 0 Å². The van der Waals surface area contributed by atoms with Gasteiger partial charge in [0.25, 0.3) is 0 Å². The van der Waals surface area contributed by atoms with Gasteiger partial charge < -0.3 is 0 Å². The molecular weight excluding hydrogens is 256 g/mol. The maximum atomic E-state index is 4.25. The van der Waals surface area contributed by atoms with Crippen molar-refractivity contribution in [1.82, 2.24) is 39.9 Å². The zero-order valence-corrected chi connectivity index (χ0v) is 9.96. The van der Waals surface area contributed by atoms with E-state index in [4.69, 9.17) is 0 Å². The second kappa shape index (κ2) is 4.19. The quantitative estimate of drug-likeness (QED) is 0.491. The molecule has 1 radical (unpaired) electrons.